The van der Waals surface area contributed by atoms with Crippen molar-refractivity contribution in [1.82, 2.24) is 10.6 Å². The molecule has 0 aromatic rings. The lowest BCUT2D eigenvalue weighted by atomic mass is 9.71. The average molecular weight is 740 g/mol. The van der Waals surface area contributed by atoms with Crippen molar-refractivity contribution in [1.29, 1.82) is 0 Å². The molecule has 0 saturated carbocycles. The Balaban J connectivity index is 3.46. The van der Waals surface area contributed by atoms with E-state index in [0.717, 1.165) is 64.2 Å². The summed E-state index contributed by atoms with van der Waals surface area (Å²) in [5.74, 6) is -0.678. The molecule has 288 valence electrons. The number of carbonyl (C=O) groups is 4. The molecule has 1 rings (SSSR count). The zero-order valence-corrected chi connectivity index (χ0v) is 34.2. The van der Waals surface area contributed by atoms with Crippen molar-refractivity contribution < 1.29 is 19.2 Å². The van der Waals surface area contributed by atoms with Crippen LogP contribution in [0, 0.1) is 11.8 Å². The first-order valence-electron chi connectivity index (χ1n) is 20.5. The maximum absolute atomic E-state index is 14.8. The lowest BCUT2D eigenvalue weighted by Gasteiger charge is -2.32. The molecule has 0 radical (unpaired) electrons. The Hall–Kier alpha value is -1.34. The van der Waals surface area contributed by atoms with Gasteiger partial charge in [-0.25, -0.2) is 0 Å². The summed E-state index contributed by atoms with van der Waals surface area (Å²) in [7, 11) is 0. The van der Waals surface area contributed by atoms with Gasteiger partial charge in [-0.15, -0.1) is 0 Å². The van der Waals surface area contributed by atoms with Crippen LogP contribution in [0.5, 0.6) is 0 Å². The van der Waals surface area contributed by atoms with E-state index in [1.807, 2.05) is 27.7 Å². The Morgan fingerprint density at radius 3 is 1.08 bits per heavy atom. The number of unbranched alkanes of at least 4 members (excludes halogenated alkanes) is 14. The van der Waals surface area contributed by atoms with E-state index in [1.165, 1.54) is 64.2 Å². The number of allylic oxidation sites excluding steroid dienone is 2. The van der Waals surface area contributed by atoms with Crippen molar-refractivity contribution in [2.24, 2.45) is 11.8 Å². The molecule has 8 heteroatoms. The van der Waals surface area contributed by atoms with Gasteiger partial charge in [-0.3, -0.25) is 19.2 Å². The fourth-order valence-corrected chi connectivity index (χ4v) is 7.57. The fourth-order valence-electron chi connectivity index (χ4n) is 7.26. The third-order valence-corrected chi connectivity index (χ3v) is 10.8. The molecule has 4 atom stereocenters. The molecular formula is C42H72Cl2N2O4. The number of carbonyl (C=O) groups excluding carboxylic acids is 4. The Morgan fingerprint density at radius 2 is 0.800 bits per heavy atom. The zero-order chi connectivity index (χ0) is 37.3. The van der Waals surface area contributed by atoms with Gasteiger partial charge in [0, 0.05) is 35.1 Å². The van der Waals surface area contributed by atoms with E-state index in [0.29, 0.717) is 35.4 Å². The second-order valence-corrected chi connectivity index (χ2v) is 15.5. The van der Waals surface area contributed by atoms with Crippen LogP contribution in [-0.2, 0) is 19.2 Å². The normalized spacial score (nSPS) is 16.2. The van der Waals surface area contributed by atoms with Crippen molar-refractivity contribution in [3.05, 3.63) is 22.3 Å². The number of nitrogens with one attached hydrogen (secondary N) is 2. The van der Waals surface area contributed by atoms with E-state index in [9.17, 15) is 19.2 Å². The molecule has 4 unspecified atom stereocenters. The third-order valence-electron chi connectivity index (χ3n) is 10.3. The summed E-state index contributed by atoms with van der Waals surface area (Å²) in [4.78, 5) is 54.8. The minimum atomic E-state index is -0.761. The summed E-state index contributed by atoms with van der Waals surface area (Å²) in [6, 6.07) is -1.52. The number of hydrogen-bond donors (Lipinski definition) is 2. The van der Waals surface area contributed by atoms with Crippen LogP contribution >= 0.6 is 23.2 Å². The first-order valence-corrected chi connectivity index (χ1v) is 21.2. The van der Waals surface area contributed by atoms with Gasteiger partial charge in [-0.2, -0.15) is 0 Å². The number of ketones is 2. The van der Waals surface area contributed by atoms with Gasteiger partial charge in [0.15, 0.2) is 11.6 Å². The highest BCUT2D eigenvalue weighted by molar-refractivity contribution is 6.65. The molecule has 0 aliphatic heterocycles. The molecule has 0 saturated heterocycles. The van der Waals surface area contributed by atoms with Gasteiger partial charge in [-0.1, -0.05) is 144 Å². The largest absolute Gasteiger partial charge is 0.306 e. The van der Waals surface area contributed by atoms with Gasteiger partial charge in [-0.05, 0) is 73.8 Å². The lowest BCUT2D eigenvalue weighted by Crippen LogP contribution is -2.40. The van der Waals surface area contributed by atoms with Crippen molar-refractivity contribution >= 4 is 45.3 Å². The minimum Gasteiger partial charge on any atom is -0.306 e. The molecule has 0 heterocycles. The quantitative estimate of drug-likeness (QED) is 0.0405. The van der Waals surface area contributed by atoms with E-state index in [-0.39, 0.29) is 36.2 Å². The lowest BCUT2D eigenvalue weighted by molar-refractivity contribution is -0.118. The maximum Gasteiger partial charge on any atom is 0.238 e. The van der Waals surface area contributed by atoms with Crippen LogP contribution in [0.25, 0.3) is 0 Å². The smallest absolute Gasteiger partial charge is 0.238 e. The highest BCUT2D eigenvalue weighted by Crippen LogP contribution is 2.39. The zero-order valence-electron chi connectivity index (χ0n) is 32.7. The van der Waals surface area contributed by atoms with Gasteiger partial charge in [0.2, 0.25) is 10.5 Å². The minimum absolute atomic E-state index is 0.0806. The van der Waals surface area contributed by atoms with Gasteiger partial charge < -0.3 is 10.6 Å². The second kappa shape index (κ2) is 28.2. The molecule has 1 aliphatic carbocycles. The summed E-state index contributed by atoms with van der Waals surface area (Å²) >= 11 is 12.2. The van der Waals surface area contributed by atoms with Crippen LogP contribution in [0.3, 0.4) is 0 Å². The molecule has 2 N–H and O–H groups in total. The predicted octanol–water partition coefficient (Wildman–Crippen LogP) is 11.1. The van der Waals surface area contributed by atoms with E-state index >= 15 is 0 Å². The molecule has 1 aliphatic rings. The molecule has 0 aromatic carbocycles. The highest BCUT2D eigenvalue weighted by Gasteiger charge is 2.40. The average Bonchev–Trinajstić information content (AvgIpc) is 3.08. The summed E-state index contributed by atoms with van der Waals surface area (Å²) < 4.78 is 0. The predicted molar refractivity (Wildman–Crippen MR) is 212 cm³/mol. The third kappa shape index (κ3) is 17.5. The number of Topliss-reactive ketones (excluding diaryl/α,β-unsaturated/α-hetero) is 2. The molecule has 0 bridgehead atoms. The number of hydrogen-bond acceptors (Lipinski definition) is 6. The van der Waals surface area contributed by atoms with E-state index < -0.39 is 22.6 Å². The molecule has 0 aromatic heterocycles. The molecule has 6 nitrogen and oxygen atoms in total. The first kappa shape index (κ1) is 46.7. The van der Waals surface area contributed by atoms with Crippen molar-refractivity contribution in [3.8, 4) is 0 Å². The van der Waals surface area contributed by atoms with Gasteiger partial charge in [0.1, 0.15) is 0 Å². The Labute approximate surface area is 316 Å². The maximum atomic E-state index is 14.8. The van der Waals surface area contributed by atoms with Crippen LogP contribution in [0.4, 0.5) is 0 Å². The van der Waals surface area contributed by atoms with E-state index in [1.54, 1.807) is 0 Å². The van der Waals surface area contributed by atoms with Crippen molar-refractivity contribution in [2.75, 3.05) is 13.1 Å². The van der Waals surface area contributed by atoms with Crippen molar-refractivity contribution in [2.45, 2.75) is 195 Å². The first-order chi connectivity index (χ1) is 24.0. The van der Waals surface area contributed by atoms with Crippen LogP contribution in [0.1, 0.15) is 183 Å². The van der Waals surface area contributed by atoms with Crippen molar-refractivity contribution in [3.63, 3.8) is 0 Å². The molecule has 0 fully saturated rings. The van der Waals surface area contributed by atoms with Crippen LogP contribution < -0.4 is 10.6 Å². The fraction of sp³-hybridized carbons (Fsp3) is 0.810. The van der Waals surface area contributed by atoms with E-state index in [2.05, 4.69) is 24.5 Å². The number of rotatable bonds is 32. The molecular weight excluding hydrogens is 667 g/mol. The summed E-state index contributed by atoms with van der Waals surface area (Å²) in [6.45, 7) is 13.7. The monoisotopic (exact) mass is 738 g/mol. The molecule has 50 heavy (non-hydrogen) atoms. The van der Waals surface area contributed by atoms with Crippen LogP contribution in [0.15, 0.2) is 22.3 Å². The van der Waals surface area contributed by atoms with Gasteiger partial charge in [0.05, 0.1) is 12.1 Å². The second-order valence-electron chi connectivity index (χ2n) is 14.8. The van der Waals surface area contributed by atoms with Gasteiger partial charge >= 0.3 is 0 Å². The summed E-state index contributed by atoms with van der Waals surface area (Å²) in [5.41, 5.74) is 1.82. The molecule has 0 spiro atoms. The Morgan fingerprint density at radius 1 is 0.500 bits per heavy atom. The topological polar surface area (TPSA) is 92.3 Å². The van der Waals surface area contributed by atoms with Gasteiger partial charge in [0.25, 0.3) is 0 Å². The molecule has 0 amide bonds. The summed E-state index contributed by atoms with van der Waals surface area (Å²) in [6.07, 6.45) is 22.2. The highest BCUT2D eigenvalue weighted by atomic mass is 35.5. The summed E-state index contributed by atoms with van der Waals surface area (Å²) in [5, 5.41) is 5.32. The Bertz CT molecular complexity index is 1000. The van der Waals surface area contributed by atoms with Crippen LogP contribution in [0.2, 0.25) is 0 Å². The van der Waals surface area contributed by atoms with Crippen LogP contribution in [-0.4, -0.2) is 47.2 Å². The van der Waals surface area contributed by atoms with E-state index in [4.69, 9.17) is 23.2 Å². The number of halogens is 2. The Kier molecular flexibility index (Phi) is 26.3. The standard InChI is InChI=1S/C42H72Cl2N2O4/c1-7-11-13-15-17-19-21-23-25-31(5)37-33(29-35(41(43)49)45-27-9-3)40(48)38(32(6)26-24-22-20-18-16-14-12-8-2)34(39(37)47)30-36(42(44)50)46-28-10-4/h31-32,35-36,45-46H,7-30H2,1-6H3. The SMILES string of the molecule is CCCCCCCCCCC(C)C1=C(CC(NCCC)C(=O)Cl)C(=O)C(C(C)CCCCCCCCCC)=C(CC(NCCC)C(=O)Cl)C1=O.